The average Bonchev–Trinajstić information content (AvgIpc) is 2.70. The van der Waals surface area contributed by atoms with Gasteiger partial charge in [0.05, 0.1) is 6.10 Å². The summed E-state index contributed by atoms with van der Waals surface area (Å²) in [5, 5.41) is 15.9. The number of hydrogen-bond acceptors (Lipinski definition) is 3. The van der Waals surface area contributed by atoms with Crippen molar-refractivity contribution in [3.8, 4) is 0 Å². The maximum Gasteiger partial charge on any atom is 0.246 e. The monoisotopic (exact) mass is 324 g/mol. The van der Waals surface area contributed by atoms with Gasteiger partial charge >= 0.3 is 0 Å². The molecule has 1 aromatic carbocycles. The molecule has 5 heteroatoms. The molecule has 1 fully saturated rings. The summed E-state index contributed by atoms with van der Waals surface area (Å²) < 4.78 is 0.955. The highest BCUT2D eigenvalue weighted by atomic mass is 79.9. The van der Waals surface area contributed by atoms with E-state index in [9.17, 15) is 9.90 Å². The highest BCUT2D eigenvalue weighted by Gasteiger charge is 2.34. The molecular formula is C14H17BrN2O2. The Hall–Kier alpha value is -0.910. The fraction of sp³-hybridized carbons (Fsp3) is 0.500. The predicted molar refractivity (Wildman–Crippen MR) is 76.9 cm³/mol. The van der Waals surface area contributed by atoms with Crippen LogP contribution in [0.5, 0.6) is 0 Å². The Morgan fingerprint density at radius 3 is 2.74 bits per heavy atom. The lowest BCUT2D eigenvalue weighted by molar-refractivity contribution is -0.118. The molecular weight excluding hydrogens is 308 g/mol. The minimum Gasteiger partial charge on any atom is -0.393 e. The van der Waals surface area contributed by atoms with E-state index >= 15 is 0 Å². The molecule has 4 nitrogen and oxygen atoms in total. The predicted octanol–water partition coefficient (Wildman–Crippen LogP) is 2.34. The van der Waals surface area contributed by atoms with Crippen LogP contribution >= 0.6 is 15.9 Å². The molecule has 1 saturated carbocycles. The van der Waals surface area contributed by atoms with Crippen LogP contribution in [-0.4, -0.2) is 23.2 Å². The lowest BCUT2D eigenvalue weighted by Gasteiger charge is -2.28. The van der Waals surface area contributed by atoms with Crippen molar-refractivity contribution >= 4 is 27.5 Å². The molecule has 0 aromatic heterocycles. The Bertz CT molecular complexity index is 498. The molecule has 1 aliphatic heterocycles. The maximum atomic E-state index is 12.1. The summed E-state index contributed by atoms with van der Waals surface area (Å²) >= 11 is 3.52. The van der Waals surface area contributed by atoms with E-state index in [1.165, 1.54) is 0 Å². The van der Waals surface area contributed by atoms with Gasteiger partial charge in [-0.15, -0.1) is 0 Å². The van der Waals surface area contributed by atoms with Gasteiger partial charge in [0, 0.05) is 21.8 Å². The van der Waals surface area contributed by atoms with E-state index in [4.69, 9.17) is 0 Å². The minimum atomic E-state index is -0.286. The molecule has 19 heavy (non-hydrogen) atoms. The van der Waals surface area contributed by atoms with Gasteiger partial charge in [-0.05, 0) is 37.8 Å². The number of halogens is 1. The summed E-state index contributed by atoms with van der Waals surface area (Å²) in [4.78, 5) is 12.1. The van der Waals surface area contributed by atoms with Crippen molar-refractivity contribution in [2.24, 2.45) is 0 Å². The number of aliphatic hydroxyl groups excluding tert-OH is 1. The number of benzene rings is 1. The molecule has 0 bridgehead atoms. The quantitative estimate of drug-likeness (QED) is 0.782. The Morgan fingerprint density at radius 2 is 2.00 bits per heavy atom. The lowest BCUT2D eigenvalue weighted by Crippen LogP contribution is -2.39. The van der Waals surface area contributed by atoms with Crippen LogP contribution in [0.1, 0.15) is 37.3 Å². The van der Waals surface area contributed by atoms with Crippen molar-refractivity contribution in [1.29, 1.82) is 0 Å². The van der Waals surface area contributed by atoms with Crippen molar-refractivity contribution in [3.05, 3.63) is 28.2 Å². The fourth-order valence-corrected chi connectivity index (χ4v) is 3.51. The zero-order chi connectivity index (χ0) is 13.4. The average molecular weight is 325 g/mol. The molecule has 0 radical (unpaired) electrons. The topological polar surface area (TPSA) is 61.4 Å². The first kappa shape index (κ1) is 13.1. The second-order valence-electron chi connectivity index (χ2n) is 5.30. The zero-order valence-electron chi connectivity index (χ0n) is 10.5. The van der Waals surface area contributed by atoms with Crippen molar-refractivity contribution in [1.82, 2.24) is 5.32 Å². The van der Waals surface area contributed by atoms with Gasteiger partial charge in [0.1, 0.15) is 6.04 Å². The third kappa shape index (κ3) is 2.55. The van der Waals surface area contributed by atoms with E-state index in [1.54, 1.807) is 0 Å². The number of amides is 1. The fourth-order valence-electron chi connectivity index (χ4n) is 2.91. The minimum absolute atomic E-state index is 0.00743. The third-order valence-electron chi connectivity index (χ3n) is 3.96. The molecule has 3 N–H and O–H groups in total. The summed E-state index contributed by atoms with van der Waals surface area (Å²) in [6, 6.07) is 5.81. The molecule has 2 aliphatic rings. The molecule has 1 amide bonds. The van der Waals surface area contributed by atoms with E-state index < -0.39 is 0 Å². The summed E-state index contributed by atoms with van der Waals surface area (Å²) in [6.07, 6.45) is 3.30. The maximum absolute atomic E-state index is 12.1. The normalized spacial score (nSPS) is 30.0. The summed E-state index contributed by atoms with van der Waals surface area (Å²) in [6.45, 7) is 0. The van der Waals surface area contributed by atoms with Crippen LogP contribution in [0.3, 0.4) is 0 Å². The highest BCUT2D eigenvalue weighted by molar-refractivity contribution is 9.10. The second-order valence-corrected chi connectivity index (χ2v) is 6.15. The van der Waals surface area contributed by atoms with Crippen LogP contribution in [0, 0.1) is 0 Å². The molecule has 0 spiro atoms. The van der Waals surface area contributed by atoms with E-state index in [2.05, 4.69) is 26.6 Å². The van der Waals surface area contributed by atoms with E-state index in [0.29, 0.717) is 6.04 Å². The number of anilines is 1. The van der Waals surface area contributed by atoms with Crippen LogP contribution in [0.25, 0.3) is 0 Å². The number of rotatable bonds is 2. The lowest BCUT2D eigenvalue weighted by atomic mass is 9.92. The Balaban J connectivity index is 1.77. The molecule has 3 rings (SSSR count). The van der Waals surface area contributed by atoms with Gasteiger partial charge in [0.2, 0.25) is 5.91 Å². The van der Waals surface area contributed by atoms with Crippen molar-refractivity contribution in [2.75, 3.05) is 5.32 Å². The van der Waals surface area contributed by atoms with Gasteiger partial charge in [-0.3, -0.25) is 10.1 Å². The first-order chi connectivity index (χ1) is 9.15. The number of aliphatic hydroxyl groups is 1. The van der Waals surface area contributed by atoms with Gasteiger partial charge in [0.25, 0.3) is 0 Å². The Kier molecular flexibility index (Phi) is 3.60. The number of carbonyl (C=O) groups excluding carboxylic acids is 1. The first-order valence-corrected chi connectivity index (χ1v) is 7.48. The van der Waals surface area contributed by atoms with E-state index in [-0.39, 0.29) is 18.1 Å². The van der Waals surface area contributed by atoms with Crippen LogP contribution in [-0.2, 0) is 4.79 Å². The largest absolute Gasteiger partial charge is 0.393 e. The highest BCUT2D eigenvalue weighted by Crippen LogP contribution is 2.37. The van der Waals surface area contributed by atoms with Crippen molar-refractivity contribution in [3.63, 3.8) is 0 Å². The van der Waals surface area contributed by atoms with E-state index in [1.807, 2.05) is 18.2 Å². The second kappa shape index (κ2) is 5.23. The number of fused-ring (bicyclic) bond motifs is 1. The first-order valence-electron chi connectivity index (χ1n) is 6.68. The molecule has 1 aliphatic carbocycles. The van der Waals surface area contributed by atoms with Crippen LogP contribution in [0.2, 0.25) is 0 Å². The third-order valence-corrected chi connectivity index (χ3v) is 4.65. The van der Waals surface area contributed by atoms with Crippen molar-refractivity contribution < 1.29 is 9.90 Å². The zero-order valence-corrected chi connectivity index (χ0v) is 12.1. The molecule has 1 unspecified atom stereocenters. The van der Waals surface area contributed by atoms with Crippen LogP contribution in [0.4, 0.5) is 5.69 Å². The summed E-state index contributed by atoms with van der Waals surface area (Å²) in [7, 11) is 0. The number of hydrogen-bond donors (Lipinski definition) is 3. The van der Waals surface area contributed by atoms with Crippen molar-refractivity contribution in [2.45, 2.75) is 43.9 Å². The summed E-state index contributed by atoms with van der Waals surface area (Å²) in [5.41, 5.74) is 1.88. The Labute approximate surface area is 120 Å². The SMILES string of the molecule is O=C1Nc2cccc(Br)c2C1NC1CCC(O)CC1. The van der Waals surface area contributed by atoms with Gasteiger partial charge in [0.15, 0.2) is 0 Å². The number of nitrogens with one attached hydrogen (secondary N) is 2. The van der Waals surface area contributed by atoms with Gasteiger partial charge in [-0.25, -0.2) is 0 Å². The van der Waals surface area contributed by atoms with E-state index in [0.717, 1.165) is 41.4 Å². The van der Waals surface area contributed by atoms with Crippen LogP contribution < -0.4 is 10.6 Å². The van der Waals surface area contributed by atoms with Gasteiger partial charge < -0.3 is 10.4 Å². The molecule has 0 saturated heterocycles. The molecule has 1 atom stereocenters. The number of carbonyl (C=O) groups is 1. The van der Waals surface area contributed by atoms with Gasteiger partial charge in [-0.1, -0.05) is 22.0 Å². The Morgan fingerprint density at radius 1 is 1.26 bits per heavy atom. The standard InChI is InChI=1S/C14H17BrN2O2/c15-10-2-1-3-11-12(10)13(14(19)17-11)16-8-4-6-9(18)7-5-8/h1-3,8-9,13,16,18H,4-7H2,(H,17,19). The molecule has 102 valence electrons. The molecule has 1 aromatic rings. The molecule has 1 heterocycles. The summed E-state index contributed by atoms with van der Waals surface area (Å²) in [5.74, 6) is 0.00743. The smallest absolute Gasteiger partial charge is 0.246 e. The van der Waals surface area contributed by atoms with Crippen LogP contribution in [0.15, 0.2) is 22.7 Å². The van der Waals surface area contributed by atoms with Gasteiger partial charge in [-0.2, -0.15) is 0 Å².